The van der Waals surface area contributed by atoms with Crippen LogP contribution in [-0.4, -0.2) is 15.5 Å². The summed E-state index contributed by atoms with van der Waals surface area (Å²) in [5.41, 5.74) is 6.30. The lowest BCUT2D eigenvalue weighted by Gasteiger charge is -2.12. The smallest absolute Gasteiger partial charge is 0.251 e. The second kappa shape index (κ2) is 7.69. The van der Waals surface area contributed by atoms with Crippen LogP contribution >= 0.6 is 0 Å². The SMILES string of the molecule is Cc1ccc(C(=O)NCc2nc3ccccc3n2Cc2ccccc2C)cc1. The number of benzene rings is 3. The van der Waals surface area contributed by atoms with Crippen molar-refractivity contribution < 1.29 is 4.79 Å². The first kappa shape index (κ1) is 18.0. The summed E-state index contributed by atoms with van der Waals surface area (Å²) in [7, 11) is 0. The third-order valence-electron chi connectivity index (χ3n) is 5.04. The van der Waals surface area contributed by atoms with Gasteiger partial charge in [0.1, 0.15) is 5.82 Å². The Morgan fingerprint density at radius 2 is 1.64 bits per heavy atom. The van der Waals surface area contributed by atoms with Gasteiger partial charge in [-0.1, -0.05) is 54.1 Å². The van der Waals surface area contributed by atoms with Gasteiger partial charge in [0.05, 0.1) is 17.6 Å². The topological polar surface area (TPSA) is 46.9 Å². The molecule has 1 amide bonds. The number of aryl methyl sites for hydroxylation is 2. The molecule has 28 heavy (non-hydrogen) atoms. The Morgan fingerprint density at radius 3 is 2.43 bits per heavy atom. The van der Waals surface area contributed by atoms with E-state index in [0.29, 0.717) is 12.1 Å². The van der Waals surface area contributed by atoms with E-state index in [9.17, 15) is 4.79 Å². The number of rotatable bonds is 5. The standard InChI is InChI=1S/C24H23N3O/c1-17-11-13-19(14-12-17)24(28)25-15-23-26-21-9-5-6-10-22(21)27(23)16-20-8-4-3-7-18(20)2/h3-14H,15-16H2,1-2H3,(H,25,28). The average molecular weight is 369 g/mol. The number of nitrogens with zero attached hydrogens (tertiary/aromatic N) is 2. The molecule has 140 valence electrons. The van der Waals surface area contributed by atoms with Crippen LogP contribution in [-0.2, 0) is 13.1 Å². The van der Waals surface area contributed by atoms with Crippen LogP contribution in [0.5, 0.6) is 0 Å². The molecule has 0 spiro atoms. The molecular formula is C24H23N3O. The third-order valence-corrected chi connectivity index (χ3v) is 5.04. The van der Waals surface area contributed by atoms with E-state index in [0.717, 1.165) is 29.0 Å². The summed E-state index contributed by atoms with van der Waals surface area (Å²) in [6.45, 7) is 5.24. The number of hydrogen-bond donors (Lipinski definition) is 1. The summed E-state index contributed by atoms with van der Waals surface area (Å²) in [5.74, 6) is 0.763. The number of fused-ring (bicyclic) bond motifs is 1. The molecule has 4 rings (SSSR count). The summed E-state index contributed by atoms with van der Waals surface area (Å²) in [4.78, 5) is 17.3. The zero-order chi connectivity index (χ0) is 19.5. The lowest BCUT2D eigenvalue weighted by Crippen LogP contribution is -2.25. The summed E-state index contributed by atoms with van der Waals surface area (Å²) in [5, 5.41) is 3.01. The van der Waals surface area contributed by atoms with Gasteiger partial charge < -0.3 is 9.88 Å². The number of carbonyl (C=O) groups excluding carboxylic acids is 1. The van der Waals surface area contributed by atoms with E-state index in [1.165, 1.54) is 11.1 Å². The number of amides is 1. The highest BCUT2D eigenvalue weighted by molar-refractivity contribution is 5.94. The molecule has 4 heteroatoms. The van der Waals surface area contributed by atoms with E-state index in [-0.39, 0.29) is 5.91 Å². The van der Waals surface area contributed by atoms with Crippen molar-refractivity contribution in [2.24, 2.45) is 0 Å². The highest BCUT2D eigenvalue weighted by Crippen LogP contribution is 2.19. The molecule has 0 aliphatic heterocycles. The molecule has 1 heterocycles. The molecule has 0 atom stereocenters. The van der Waals surface area contributed by atoms with Crippen molar-refractivity contribution in [3.05, 3.63) is 101 Å². The molecule has 0 aliphatic rings. The Balaban J connectivity index is 1.62. The first-order chi connectivity index (χ1) is 13.6. The van der Waals surface area contributed by atoms with Crippen LogP contribution in [0.25, 0.3) is 11.0 Å². The van der Waals surface area contributed by atoms with Gasteiger partial charge in [0, 0.05) is 12.1 Å². The van der Waals surface area contributed by atoms with Crippen molar-refractivity contribution >= 4 is 16.9 Å². The predicted molar refractivity (Wildman–Crippen MR) is 112 cm³/mol. The van der Waals surface area contributed by atoms with Gasteiger partial charge in [-0.05, 0) is 49.2 Å². The minimum atomic E-state index is -0.0884. The van der Waals surface area contributed by atoms with Crippen LogP contribution in [0.3, 0.4) is 0 Å². The Bertz CT molecular complexity index is 1130. The molecule has 0 unspecified atom stereocenters. The number of aromatic nitrogens is 2. The zero-order valence-corrected chi connectivity index (χ0v) is 16.1. The number of para-hydroxylation sites is 2. The van der Waals surface area contributed by atoms with Crippen molar-refractivity contribution in [1.29, 1.82) is 0 Å². The Morgan fingerprint density at radius 1 is 0.929 bits per heavy atom. The highest BCUT2D eigenvalue weighted by atomic mass is 16.1. The molecule has 0 saturated carbocycles. The maximum absolute atomic E-state index is 12.5. The van der Waals surface area contributed by atoms with Gasteiger partial charge in [-0.2, -0.15) is 0 Å². The molecule has 1 aromatic heterocycles. The van der Waals surface area contributed by atoms with Crippen LogP contribution in [0.1, 0.15) is 32.9 Å². The summed E-state index contributed by atoms with van der Waals surface area (Å²) < 4.78 is 2.19. The molecule has 0 radical (unpaired) electrons. The summed E-state index contributed by atoms with van der Waals surface area (Å²) in [6.07, 6.45) is 0. The number of nitrogens with one attached hydrogen (secondary N) is 1. The fourth-order valence-corrected chi connectivity index (χ4v) is 3.36. The van der Waals surface area contributed by atoms with Crippen molar-refractivity contribution in [3.63, 3.8) is 0 Å². The van der Waals surface area contributed by atoms with Crippen molar-refractivity contribution in [2.75, 3.05) is 0 Å². The van der Waals surface area contributed by atoms with E-state index < -0.39 is 0 Å². The summed E-state index contributed by atoms with van der Waals surface area (Å²) in [6, 6.07) is 24.0. The first-order valence-corrected chi connectivity index (χ1v) is 9.45. The average Bonchev–Trinajstić information content (AvgIpc) is 3.06. The predicted octanol–water partition coefficient (Wildman–Crippen LogP) is 4.63. The normalized spacial score (nSPS) is 10.9. The van der Waals surface area contributed by atoms with E-state index >= 15 is 0 Å². The van der Waals surface area contributed by atoms with Crippen LogP contribution in [0.4, 0.5) is 0 Å². The monoisotopic (exact) mass is 369 g/mol. The van der Waals surface area contributed by atoms with E-state index in [4.69, 9.17) is 4.98 Å². The number of imidazole rings is 1. The van der Waals surface area contributed by atoms with Crippen LogP contribution < -0.4 is 5.32 Å². The minimum Gasteiger partial charge on any atom is -0.345 e. The van der Waals surface area contributed by atoms with Crippen LogP contribution in [0.15, 0.2) is 72.8 Å². The fourth-order valence-electron chi connectivity index (χ4n) is 3.36. The van der Waals surface area contributed by atoms with Crippen molar-refractivity contribution in [2.45, 2.75) is 26.9 Å². The zero-order valence-electron chi connectivity index (χ0n) is 16.1. The molecule has 0 bridgehead atoms. The van der Waals surface area contributed by atoms with Crippen molar-refractivity contribution in [1.82, 2.24) is 14.9 Å². The molecule has 0 aliphatic carbocycles. The second-order valence-electron chi connectivity index (χ2n) is 7.08. The molecule has 4 aromatic rings. The quantitative estimate of drug-likeness (QED) is 0.557. The molecular weight excluding hydrogens is 346 g/mol. The van der Waals surface area contributed by atoms with Crippen LogP contribution in [0, 0.1) is 13.8 Å². The van der Waals surface area contributed by atoms with Gasteiger partial charge in [0.2, 0.25) is 0 Å². The van der Waals surface area contributed by atoms with Crippen LogP contribution in [0.2, 0.25) is 0 Å². The van der Waals surface area contributed by atoms with Gasteiger partial charge in [-0.3, -0.25) is 4.79 Å². The Hall–Kier alpha value is -3.40. The fraction of sp³-hybridized carbons (Fsp3) is 0.167. The second-order valence-corrected chi connectivity index (χ2v) is 7.08. The van der Waals surface area contributed by atoms with Crippen molar-refractivity contribution in [3.8, 4) is 0 Å². The Labute approximate surface area is 164 Å². The molecule has 1 N–H and O–H groups in total. The maximum Gasteiger partial charge on any atom is 0.251 e. The van der Waals surface area contributed by atoms with Gasteiger partial charge in [-0.25, -0.2) is 4.98 Å². The molecule has 4 nitrogen and oxygen atoms in total. The minimum absolute atomic E-state index is 0.0884. The lowest BCUT2D eigenvalue weighted by atomic mass is 10.1. The van der Waals surface area contributed by atoms with E-state index in [1.807, 2.05) is 55.5 Å². The van der Waals surface area contributed by atoms with Gasteiger partial charge in [-0.15, -0.1) is 0 Å². The van der Waals surface area contributed by atoms with Gasteiger partial charge >= 0.3 is 0 Å². The number of carbonyl (C=O) groups is 1. The molecule has 0 fully saturated rings. The van der Waals surface area contributed by atoms with Gasteiger partial charge in [0.15, 0.2) is 0 Å². The highest BCUT2D eigenvalue weighted by Gasteiger charge is 2.13. The van der Waals surface area contributed by atoms with Gasteiger partial charge in [0.25, 0.3) is 5.91 Å². The van der Waals surface area contributed by atoms with E-state index in [2.05, 4.69) is 41.1 Å². The largest absolute Gasteiger partial charge is 0.345 e. The molecule has 0 saturated heterocycles. The first-order valence-electron chi connectivity index (χ1n) is 9.45. The third kappa shape index (κ3) is 3.67. The maximum atomic E-state index is 12.5. The Kier molecular flexibility index (Phi) is 4.94. The lowest BCUT2D eigenvalue weighted by molar-refractivity contribution is 0.0949. The molecule has 3 aromatic carbocycles. The summed E-state index contributed by atoms with van der Waals surface area (Å²) >= 11 is 0. The number of hydrogen-bond acceptors (Lipinski definition) is 2. The van der Waals surface area contributed by atoms with E-state index in [1.54, 1.807) is 0 Å².